The third-order valence-electron chi connectivity index (χ3n) is 5.01. The number of carbonyl (C=O) groups excluding carboxylic acids is 1. The van der Waals surface area contributed by atoms with E-state index in [0.29, 0.717) is 11.7 Å². The molecule has 2 aliphatic carbocycles. The molecule has 0 spiro atoms. The third-order valence-corrected chi connectivity index (χ3v) is 5.01. The van der Waals surface area contributed by atoms with Crippen molar-refractivity contribution in [3.8, 4) is 0 Å². The minimum atomic E-state index is -0.521. The number of hydrogen-bond acceptors (Lipinski definition) is 4. The molecule has 3 rings (SSSR count). The summed E-state index contributed by atoms with van der Waals surface area (Å²) in [6.45, 7) is 3.74. The molecule has 1 aromatic rings. The lowest BCUT2D eigenvalue weighted by atomic mass is 9.81. The number of aromatic amines is 1. The molecule has 0 aliphatic heterocycles. The topological polar surface area (TPSA) is 74.8 Å². The van der Waals surface area contributed by atoms with Crippen molar-refractivity contribution in [1.29, 1.82) is 0 Å². The van der Waals surface area contributed by atoms with E-state index >= 15 is 0 Å². The van der Waals surface area contributed by atoms with Gasteiger partial charge in [0, 0.05) is 13.1 Å². The number of hydrogen-bond donors (Lipinski definition) is 1. The largest absolute Gasteiger partial charge is 0.342 e. The molecule has 6 nitrogen and oxygen atoms in total. The van der Waals surface area contributed by atoms with Crippen LogP contribution in [0.25, 0.3) is 0 Å². The van der Waals surface area contributed by atoms with Crippen molar-refractivity contribution in [1.82, 2.24) is 25.5 Å². The van der Waals surface area contributed by atoms with Gasteiger partial charge in [-0.15, -0.1) is 10.2 Å². The van der Waals surface area contributed by atoms with Crippen molar-refractivity contribution >= 4 is 5.91 Å². The first kappa shape index (κ1) is 13.5. The van der Waals surface area contributed by atoms with Crippen molar-refractivity contribution < 1.29 is 4.79 Å². The van der Waals surface area contributed by atoms with Gasteiger partial charge in [-0.2, -0.15) is 5.21 Å². The van der Waals surface area contributed by atoms with Gasteiger partial charge in [-0.25, -0.2) is 0 Å². The quantitative estimate of drug-likeness (QED) is 0.888. The first-order chi connectivity index (χ1) is 9.76. The Kier molecular flexibility index (Phi) is 3.72. The normalized spacial score (nSPS) is 21.6. The molecule has 1 aromatic heterocycles. The summed E-state index contributed by atoms with van der Waals surface area (Å²) in [7, 11) is 0. The first-order valence-electron chi connectivity index (χ1n) is 7.79. The molecule has 0 unspecified atom stereocenters. The molecule has 6 heteroatoms. The highest BCUT2D eigenvalue weighted by Gasteiger charge is 2.48. The summed E-state index contributed by atoms with van der Waals surface area (Å²) in [5.41, 5.74) is -0.521. The van der Waals surface area contributed by atoms with E-state index < -0.39 is 5.41 Å². The van der Waals surface area contributed by atoms with E-state index in [1.54, 1.807) is 0 Å². The van der Waals surface area contributed by atoms with Crippen LogP contribution in [-0.2, 0) is 10.2 Å². The molecule has 0 atom stereocenters. The van der Waals surface area contributed by atoms with Crippen LogP contribution in [0.3, 0.4) is 0 Å². The van der Waals surface area contributed by atoms with Crippen molar-refractivity contribution in [2.75, 3.05) is 13.1 Å². The maximum atomic E-state index is 13.1. The number of aromatic nitrogens is 4. The zero-order chi connectivity index (χ0) is 14.0. The van der Waals surface area contributed by atoms with Gasteiger partial charge in [-0.3, -0.25) is 4.79 Å². The Bertz CT molecular complexity index is 448. The molecule has 1 heterocycles. The zero-order valence-corrected chi connectivity index (χ0v) is 12.1. The smallest absolute Gasteiger partial charge is 0.236 e. The number of carbonyl (C=O) groups is 1. The maximum Gasteiger partial charge on any atom is 0.236 e. The van der Waals surface area contributed by atoms with Crippen LogP contribution in [0.15, 0.2) is 0 Å². The predicted molar refractivity (Wildman–Crippen MR) is 73.9 cm³/mol. The lowest BCUT2D eigenvalue weighted by Crippen LogP contribution is -2.48. The van der Waals surface area contributed by atoms with Crippen LogP contribution >= 0.6 is 0 Å². The molecule has 0 bridgehead atoms. The molecule has 2 fully saturated rings. The molecule has 1 amide bonds. The summed E-state index contributed by atoms with van der Waals surface area (Å²) >= 11 is 0. The lowest BCUT2D eigenvalue weighted by molar-refractivity contribution is -0.138. The second-order valence-electron chi connectivity index (χ2n) is 6.17. The summed E-state index contributed by atoms with van der Waals surface area (Å²) in [6, 6.07) is 0. The van der Waals surface area contributed by atoms with Crippen molar-refractivity contribution in [3.63, 3.8) is 0 Å². The molecule has 0 saturated heterocycles. The van der Waals surface area contributed by atoms with Crippen LogP contribution in [0.2, 0.25) is 0 Å². The van der Waals surface area contributed by atoms with Gasteiger partial charge in [0.05, 0.1) is 0 Å². The molecule has 20 heavy (non-hydrogen) atoms. The van der Waals surface area contributed by atoms with Gasteiger partial charge in [0.15, 0.2) is 5.82 Å². The van der Waals surface area contributed by atoms with Crippen molar-refractivity contribution in [3.05, 3.63) is 5.82 Å². The Morgan fingerprint density at radius 2 is 2.10 bits per heavy atom. The number of tetrazole rings is 1. The highest BCUT2D eigenvalue weighted by atomic mass is 16.2. The van der Waals surface area contributed by atoms with Gasteiger partial charge in [-0.05, 0) is 38.5 Å². The highest BCUT2D eigenvalue weighted by molar-refractivity contribution is 5.87. The minimum Gasteiger partial charge on any atom is -0.342 e. The number of nitrogens with one attached hydrogen (secondary N) is 1. The molecule has 0 aromatic carbocycles. The Morgan fingerprint density at radius 3 is 2.60 bits per heavy atom. The predicted octanol–water partition coefficient (Wildman–Crippen LogP) is 1.66. The van der Waals surface area contributed by atoms with Gasteiger partial charge in [0.1, 0.15) is 5.41 Å². The van der Waals surface area contributed by atoms with Crippen LogP contribution in [0, 0.1) is 5.92 Å². The lowest BCUT2D eigenvalue weighted by Gasteiger charge is -2.36. The fourth-order valence-corrected chi connectivity index (χ4v) is 3.52. The summed E-state index contributed by atoms with van der Waals surface area (Å²) < 4.78 is 0. The van der Waals surface area contributed by atoms with Crippen LogP contribution in [-0.4, -0.2) is 44.5 Å². The van der Waals surface area contributed by atoms with E-state index in [0.717, 1.165) is 38.8 Å². The average molecular weight is 277 g/mol. The van der Waals surface area contributed by atoms with E-state index in [2.05, 4.69) is 27.5 Å². The van der Waals surface area contributed by atoms with Crippen molar-refractivity contribution in [2.45, 2.75) is 57.3 Å². The van der Waals surface area contributed by atoms with Gasteiger partial charge in [0.25, 0.3) is 0 Å². The van der Waals surface area contributed by atoms with Gasteiger partial charge < -0.3 is 4.90 Å². The number of likely N-dealkylation sites (N-methyl/N-ethyl adjacent to an activating group) is 1. The van der Waals surface area contributed by atoms with Crippen LogP contribution in [0.4, 0.5) is 0 Å². The molecule has 110 valence electrons. The van der Waals surface area contributed by atoms with Crippen molar-refractivity contribution in [2.24, 2.45) is 5.92 Å². The second-order valence-corrected chi connectivity index (χ2v) is 6.17. The monoisotopic (exact) mass is 277 g/mol. The highest BCUT2D eigenvalue weighted by Crippen LogP contribution is 2.41. The second kappa shape index (κ2) is 5.50. The summed E-state index contributed by atoms with van der Waals surface area (Å²) in [5.74, 6) is 1.50. The number of rotatable bonds is 5. The Morgan fingerprint density at radius 1 is 1.35 bits per heavy atom. The van der Waals surface area contributed by atoms with Crippen LogP contribution in [0.1, 0.15) is 57.7 Å². The van der Waals surface area contributed by atoms with Crippen LogP contribution in [0.5, 0.6) is 0 Å². The van der Waals surface area contributed by atoms with Gasteiger partial charge in [-0.1, -0.05) is 24.5 Å². The summed E-state index contributed by atoms with van der Waals surface area (Å²) in [4.78, 5) is 15.1. The fourth-order valence-electron chi connectivity index (χ4n) is 3.52. The summed E-state index contributed by atoms with van der Waals surface area (Å²) in [5, 5.41) is 14.4. The Hall–Kier alpha value is -1.46. The Labute approximate surface area is 119 Å². The Balaban J connectivity index is 1.81. The number of amides is 1. The van der Waals surface area contributed by atoms with E-state index in [9.17, 15) is 4.79 Å². The standard InChI is InChI=1S/C14H23N5O/c1-2-19(10-11-6-5-7-11)13(20)14(8-3-4-9-14)12-15-17-18-16-12/h11H,2-10H2,1H3,(H,15,16,17,18). The third kappa shape index (κ3) is 2.21. The van der Waals surface area contributed by atoms with E-state index in [1.165, 1.54) is 19.3 Å². The molecule has 2 saturated carbocycles. The fraction of sp³-hybridized carbons (Fsp3) is 0.857. The minimum absolute atomic E-state index is 0.214. The molecule has 2 aliphatic rings. The maximum absolute atomic E-state index is 13.1. The van der Waals surface area contributed by atoms with E-state index in [-0.39, 0.29) is 5.91 Å². The van der Waals surface area contributed by atoms with E-state index in [4.69, 9.17) is 0 Å². The molecule has 0 radical (unpaired) electrons. The van der Waals surface area contributed by atoms with E-state index in [1.807, 2.05) is 4.90 Å². The molecule has 1 N–H and O–H groups in total. The SMILES string of the molecule is CCN(CC1CCC1)C(=O)C1(c2nn[nH]n2)CCCC1. The van der Waals surface area contributed by atoms with Gasteiger partial charge >= 0.3 is 0 Å². The number of nitrogens with zero attached hydrogens (tertiary/aromatic N) is 4. The number of H-pyrrole nitrogens is 1. The average Bonchev–Trinajstić information content (AvgIpc) is 3.08. The summed E-state index contributed by atoms with van der Waals surface area (Å²) in [6.07, 6.45) is 7.69. The van der Waals surface area contributed by atoms with Crippen LogP contribution < -0.4 is 0 Å². The molecular weight excluding hydrogens is 254 g/mol. The first-order valence-corrected chi connectivity index (χ1v) is 7.79. The molecular formula is C14H23N5O. The zero-order valence-electron chi connectivity index (χ0n) is 12.1. The van der Waals surface area contributed by atoms with Gasteiger partial charge in [0.2, 0.25) is 5.91 Å².